The van der Waals surface area contributed by atoms with E-state index < -0.39 is 11.7 Å². The van der Waals surface area contributed by atoms with Crippen molar-refractivity contribution in [2.45, 2.75) is 25.9 Å². The van der Waals surface area contributed by atoms with Crippen LogP contribution in [0.2, 0.25) is 0 Å². The smallest absolute Gasteiger partial charge is 0.416 e. The molecule has 0 saturated carbocycles. The highest BCUT2D eigenvalue weighted by Crippen LogP contribution is 2.31. The average molecular weight is 339 g/mol. The van der Waals surface area contributed by atoms with Gasteiger partial charge < -0.3 is 9.57 Å². The van der Waals surface area contributed by atoms with E-state index in [1.165, 1.54) is 24.8 Å². The normalized spacial score (nSPS) is 18.3. The maximum atomic E-state index is 12.7. The van der Waals surface area contributed by atoms with Gasteiger partial charge in [0, 0.05) is 0 Å². The molecule has 2 rings (SSSR count). The quantitative estimate of drug-likeness (QED) is 0.539. The largest absolute Gasteiger partial charge is 0.488 e. The Morgan fingerprint density at radius 1 is 1.33 bits per heavy atom. The van der Waals surface area contributed by atoms with Gasteiger partial charge in [-0.1, -0.05) is 35.0 Å². The average Bonchev–Trinajstić information content (AvgIpc) is 2.54. The Morgan fingerprint density at radius 2 is 2.12 bits per heavy atom. The molecule has 1 atom stereocenters. The first kappa shape index (κ1) is 18.1. The third kappa shape index (κ3) is 5.15. The Balaban J connectivity index is 2.01. The van der Waals surface area contributed by atoms with Crippen molar-refractivity contribution >= 4 is 5.71 Å². The van der Waals surface area contributed by atoms with Crippen LogP contribution in [0.1, 0.15) is 25.3 Å². The summed E-state index contributed by atoms with van der Waals surface area (Å²) < 4.78 is 43.7. The van der Waals surface area contributed by atoms with Gasteiger partial charge in [-0.2, -0.15) is 13.2 Å². The molecule has 24 heavy (non-hydrogen) atoms. The molecule has 130 valence electrons. The number of halogens is 3. The van der Waals surface area contributed by atoms with E-state index in [4.69, 9.17) is 9.57 Å². The van der Waals surface area contributed by atoms with Gasteiger partial charge in [0.1, 0.15) is 19.5 Å². The number of hydrogen-bond acceptors (Lipinski definition) is 3. The summed E-state index contributed by atoms with van der Waals surface area (Å²) in [7, 11) is 1.44. The van der Waals surface area contributed by atoms with Crippen molar-refractivity contribution in [3.05, 3.63) is 53.6 Å². The van der Waals surface area contributed by atoms with Gasteiger partial charge in [0.25, 0.3) is 0 Å². The molecule has 1 aliphatic carbocycles. The Kier molecular flexibility index (Phi) is 6.06. The van der Waals surface area contributed by atoms with Crippen LogP contribution >= 0.6 is 0 Å². The summed E-state index contributed by atoms with van der Waals surface area (Å²) in [6, 6.07) is 4.82. The summed E-state index contributed by atoms with van der Waals surface area (Å²) >= 11 is 0. The van der Waals surface area contributed by atoms with E-state index in [0.717, 1.165) is 18.6 Å². The number of allylic oxidation sites excluding steroid dienone is 4. The van der Waals surface area contributed by atoms with Crippen molar-refractivity contribution in [3.8, 4) is 5.75 Å². The van der Waals surface area contributed by atoms with Crippen LogP contribution in [0.3, 0.4) is 0 Å². The third-order valence-electron chi connectivity index (χ3n) is 3.83. The Morgan fingerprint density at radius 3 is 2.79 bits per heavy atom. The van der Waals surface area contributed by atoms with Gasteiger partial charge in [-0.15, -0.1) is 0 Å². The fourth-order valence-corrected chi connectivity index (χ4v) is 2.49. The van der Waals surface area contributed by atoms with Crippen molar-refractivity contribution < 1.29 is 22.7 Å². The number of hydrogen-bond donors (Lipinski definition) is 0. The van der Waals surface area contributed by atoms with Gasteiger partial charge in [-0.3, -0.25) is 0 Å². The zero-order valence-corrected chi connectivity index (χ0v) is 13.6. The number of oxime groups is 1. The van der Waals surface area contributed by atoms with E-state index in [1.807, 2.05) is 19.1 Å². The van der Waals surface area contributed by atoms with Crippen molar-refractivity contribution in [2.24, 2.45) is 11.1 Å². The third-order valence-corrected chi connectivity index (χ3v) is 3.83. The van der Waals surface area contributed by atoms with Gasteiger partial charge in [-0.05, 0) is 43.9 Å². The molecule has 1 aliphatic rings. The van der Waals surface area contributed by atoms with Crippen LogP contribution in [0.5, 0.6) is 5.75 Å². The Labute approximate surface area is 139 Å². The van der Waals surface area contributed by atoms with Crippen molar-refractivity contribution in [2.75, 3.05) is 13.7 Å². The molecular weight excluding hydrogens is 319 g/mol. The minimum Gasteiger partial charge on any atom is -0.488 e. The highest BCUT2D eigenvalue weighted by molar-refractivity contribution is 5.86. The fourth-order valence-electron chi connectivity index (χ4n) is 2.49. The lowest BCUT2D eigenvalue weighted by Crippen LogP contribution is -2.18. The van der Waals surface area contributed by atoms with Crippen LogP contribution in [0, 0.1) is 5.92 Å². The summed E-state index contributed by atoms with van der Waals surface area (Å²) in [6.45, 7) is 2.13. The second kappa shape index (κ2) is 8.04. The fraction of sp³-hybridized carbons (Fsp3) is 0.389. The van der Waals surface area contributed by atoms with Crippen LogP contribution in [0.4, 0.5) is 13.2 Å². The summed E-state index contributed by atoms with van der Waals surface area (Å²) in [4.78, 5) is 4.84. The van der Waals surface area contributed by atoms with E-state index >= 15 is 0 Å². The lowest BCUT2D eigenvalue weighted by molar-refractivity contribution is -0.137. The number of benzene rings is 1. The first-order chi connectivity index (χ1) is 11.4. The summed E-state index contributed by atoms with van der Waals surface area (Å²) in [6.07, 6.45) is 3.29. The van der Waals surface area contributed by atoms with E-state index in [2.05, 4.69) is 11.2 Å². The number of ether oxygens (including phenoxy) is 1. The molecular formula is C18H20F3NO2. The SMILES string of the molecule is CON=C(COc1cccc(C(F)(F)F)c1)CC1CC=CC=C1C. The summed E-state index contributed by atoms with van der Waals surface area (Å²) in [5.41, 5.74) is 1.16. The van der Waals surface area contributed by atoms with Crippen LogP contribution in [0.25, 0.3) is 0 Å². The first-order valence-electron chi connectivity index (χ1n) is 7.62. The highest BCUT2D eigenvalue weighted by atomic mass is 19.4. The Hall–Kier alpha value is -2.24. The molecule has 0 fully saturated rings. The maximum absolute atomic E-state index is 12.7. The van der Waals surface area contributed by atoms with Gasteiger partial charge in [-0.25, -0.2) is 0 Å². The molecule has 0 bridgehead atoms. The molecule has 0 heterocycles. The molecule has 0 N–H and O–H groups in total. The number of alkyl halides is 3. The molecule has 1 aromatic rings. The molecule has 3 nitrogen and oxygen atoms in total. The van der Waals surface area contributed by atoms with Gasteiger partial charge in [0.15, 0.2) is 0 Å². The van der Waals surface area contributed by atoms with Crippen molar-refractivity contribution in [1.82, 2.24) is 0 Å². The highest BCUT2D eigenvalue weighted by Gasteiger charge is 2.30. The van der Waals surface area contributed by atoms with Crippen LogP contribution in [-0.4, -0.2) is 19.4 Å². The van der Waals surface area contributed by atoms with Gasteiger partial charge in [0.2, 0.25) is 0 Å². The molecule has 0 amide bonds. The topological polar surface area (TPSA) is 30.8 Å². The number of rotatable bonds is 6. The molecule has 0 aromatic heterocycles. The molecule has 0 aliphatic heterocycles. The van der Waals surface area contributed by atoms with E-state index in [-0.39, 0.29) is 12.4 Å². The Bertz CT molecular complexity index is 648. The van der Waals surface area contributed by atoms with Crippen molar-refractivity contribution in [1.29, 1.82) is 0 Å². The van der Waals surface area contributed by atoms with E-state index in [0.29, 0.717) is 18.1 Å². The summed E-state index contributed by atoms with van der Waals surface area (Å²) in [5.74, 6) is 0.457. The second-order valence-corrected chi connectivity index (χ2v) is 5.63. The van der Waals surface area contributed by atoms with Gasteiger partial charge >= 0.3 is 6.18 Å². The lowest BCUT2D eigenvalue weighted by Gasteiger charge is -2.19. The predicted molar refractivity (Wildman–Crippen MR) is 87.0 cm³/mol. The van der Waals surface area contributed by atoms with Crippen molar-refractivity contribution in [3.63, 3.8) is 0 Å². The standard InChI is InChI=1S/C18H20F3NO2/c1-13-6-3-4-7-14(13)10-16(22-23-2)12-24-17-9-5-8-15(11-17)18(19,20)21/h3-6,8-9,11,14H,7,10,12H2,1-2H3. The zero-order valence-electron chi connectivity index (χ0n) is 13.6. The van der Waals surface area contributed by atoms with Crippen LogP contribution < -0.4 is 4.74 Å². The number of nitrogens with zero attached hydrogens (tertiary/aromatic N) is 1. The zero-order chi connectivity index (χ0) is 17.6. The second-order valence-electron chi connectivity index (χ2n) is 5.63. The maximum Gasteiger partial charge on any atom is 0.416 e. The molecule has 1 aromatic carbocycles. The summed E-state index contributed by atoms with van der Waals surface area (Å²) in [5, 5.41) is 3.96. The molecule has 0 radical (unpaired) electrons. The molecule has 1 unspecified atom stereocenters. The first-order valence-corrected chi connectivity index (χ1v) is 7.62. The van der Waals surface area contributed by atoms with Crippen LogP contribution in [0.15, 0.2) is 53.2 Å². The molecule has 6 heteroatoms. The van der Waals surface area contributed by atoms with Gasteiger partial charge in [0.05, 0.1) is 11.3 Å². The predicted octanol–water partition coefficient (Wildman–Crippen LogP) is 5.00. The van der Waals surface area contributed by atoms with E-state index in [9.17, 15) is 13.2 Å². The minimum atomic E-state index is -4.39. The van der Waals surface area contributed by atoms with Crippen LogP contribution in [-0.2, 0) is 11.0 Å². The monoisotopic (exact) mass is 339 g/mol. The lowest BCUT2D eigenvalue weighted by atomic mass is 9.88. The van der Waals surface area contributed by atoms with E-state index in [1.54, 1.807) is 0 Å². The minimum absolute atomic E-state index is 0.0860. The molecule has 0 spiro atoms. The molecule has 0 saturated heterocycles.